The highest BCUT2D eigenvalue weighted by atomic mass is 16.1. The number of carbonyl (C=O) groups is 1. The summed E-state index contributed by atoms with van der Waals surface area (Å²) in [7, 11) is 3.89. The Balaban J connectivity index is 2.48. The molecule has 1 aromatic heterocycles. The maximum absolute atomic E-state index is 13.1. The van der Waals surface area contributed by atoms with Crippen molar-refractivity contribution in [3.05, 3.63) is 42.2 Å². The average molecular weight is 286 g/mol. The first-order chi connectivity index (χ1) is 10.1. The molecule has 5 heteroatoms. The minimum Gasteiger partial charge on any atom is -0.297 e. The van der Waals surface area contributed by atoms with E-state index in [0.717, 1.165) is 18.5 Å². The van der Waals surface area contributed by atoms with Gasteiger partial charge in [-0.15, -0.1) is 5.10 Å². The largest absolute Gasteiger partial charge is 0.297 e. The predicted octanol–water partition coefficient (Wildman–Crippen LogP) is 2.57. The van der Waals surface area contributed by atoms with E-state index < -0.39 is 5.54 Å². The molecule has 0 fully saturated rings. The molecule has 0 amide bonds. The molecule has 1 aromatic carbocycles. The SMILES string of the molecule is CCC(CC)(C(=O)c1cnnn1-c1ccccc1)N(C)C. The van der Waals surface area contributed by atoms with Gasteiger partial charge in [-0.25, -0.2) is 4.68 Å². The van der Waals surface area contributed by atoms with E-state index in [2.05, 4.69) is 10.3 Å². The lowest BCUT2D eigenvalue weighted by molar-refractivity contribution is 0.0647. The van der Waals surface area contributed by atoms with Crippen molar-refractivity contribution in [2.75, 3.05) is 14.1 Å². The van der Waals surface area contributed by atoms with Crippen LogP contribution in [0.25, 0.3) is 5.69 Å². The summed E-state index contributed by atoms with van der Waals surface area (Å²) < 4.78 is 1.62. The van der Waals surface area contributed by atoms with Gasteiger partial charge in [0.1, 0.15) is 5.69 Å². The summed E-state index contributed by atoms with van der Waals surface area (Å²) in [5.41, 5.74) is 0.852. The van der Waals surface area contributed by atoms with Gasteiger partial charge < -0.3 is 0 Å². The first kappa shape index (κ1) is 15.4. The second-order valence-electron chi connectivity index (χ2n) is 5.33. The number of likely N-dealkylation sites (N-methyl/N-ethyl adjacent to an activating group) is 1. The van der Waals surface area contributed by atoms with Crippen molar-refractivity contribution in [2.24, 2.45) is 0 Å². The van der Waals surface area contributed by atoms with Crippen molar-refractivity contribution in [3.63, 3.8) is 0 Å². The van der Waals surface area contributed by atoms with Crippen LogP contribution in [0, 0.1) is 0 Å². The Morgan fingerprint density at radius 1 is 1.19 bits per heavy atom. The van der Waals surface area contributed by atoms with Crippen molar-refractivity contribution < 1.29 is 4.79 Å². The van der Waals surface area contributed by atoms with Gasteiger partial charge >= 0.3 is 0 Å². The van der Waals surface area contributed by atoms with Crippen molar-refractivity contribution >= 4 is 5.78 Å². The van der Waals surface area contributed by atoms with Crippen molar-refractivity contribution in [3.8, 4) is 5.69 Å². The molecular weight excluding hydrogens is 264 g/mol. The molecule has 0 saturated carbocycles. The van der Waals surface area contributed by atoms with Gasteiger partial charge in [-0.1, -0.05) is 37.3 Å². The molecule has 0 spiro atoms. The summed E-state index contributed by atoms with van der Waals surface area (Å²) in [4.78, 5) is 15.1. The van der Waals surface area contributed by atoms with E-state index in [9.17, 15) is 4.79 Å². The molecule has 2 rings (SSSR count). The van der Waals surface area contributed by atoms with Crippen molar-refractivity contribution in [2.45, 2.75) is 32.2 Å². The molecule has 0 saturated heterocycles. The fourth-order valence-electron chi connectivity index (χ4n) is 2.79. The second kappa shape index (κ2) is 6.18. The Bertz CT molecular complexity index is 600. The van der Waals surface area contributed by atoms with Crippen LogP contribution in [0.2, 0.25) is 0 Å². The molecule has 0 bridgehead atoms. The molecule has 0 atom stereocenters. The molecule has 0 aliphatic rings. The van der Waals surface area contributed by atoms with Crippen molar-refractivity contribution in [1.29, 1.82) is 0 Å². The summed E-state index contributed by atoms with van der Waals surface area (Å²) in [5.74, 6) is 0.0614. The number of carbonyl (C=O) groups excluding carboxylic acids is 1. The van der Waals surface area contributed by atoms with E-state index in [0.29, 0.717) is 5.69 Å². The van der Waals surface area contributed by atoms with E-state index in [4.69, 9.17) is 0 Å². The Kier molecular flexibility index (Phi) is 4.53. The second-order valence-corrected chi connectivity index (χ2v) is 5.33. The highest BCUT2D eigenvalue weighted by Crippen LogP contribution is 2.27. The summed E-state index contributed by atoms with van der Waals surface area (Å²) in [5, 5.41) is 8.01. The Hall–Kier alpha value is -2.01. The number of hydrogen-bond acceptors (Lipinski definition) is 4. The lowest BCUT2D eigenvalue weighted by atomic mass is 9.85. The molecule has 0 aliphatic heterocycles. The van der Waals surface area contributed by atoms with Crippen LogP contribution >= 0.6 is 0 Å². The van der Waals surface area contributed by atoms with E-state index in [1.54, 1.807) is 10.9 Å². The molecule has 0 unspecified atom stereocenters. The highest BCUT2D eigenvalue weighted by Gasteiger charge is 2.39. The maximum atomic E-state index is 13.1. The Morgan fingerprint density at radius 3 is 2.33 bits per heavy atom. The quantitative estimate of drug-likeness (QED) is 0.766. The number of aromatic nitrogens is 3. The summed E-state index contributed by atoms with van der Waals surface area (Å²) in [6.07, 6.45) is 3.05. The molecule has 1 heterocycles. The first-order valence-corrected chi connectivity index (χ1v) is 7.25. The van der Waals surface area contributed by atoms with Crippen LogP contribution in [0.3, 0.4) is 0 Å². The summed E-state index contributed by atoms with van der Waals surface area (Å²) >= 11 is 0. The zero-order valence-corrected chi connectivity index (χ0v) is 13.1. The monoisotopic (exact) mass is 286 g/mol. The maximum Gasteiger partial charge on any atom is 0.203 e. The van der Waals surface area contributed by atoms with Crippen LogP contribution in [-0.2, 0) is 0 Å². The zero-order valence-electron chi connectivity index (χ0n) is 13.1. The van der Waals surface area contributed by atoms with Gasteiger partial charge in [0.15, 0.2) is 0 Å². The first-order valence-electron chi connectivity index (χ1n) is 7.25. The zero-order chi connectivity index (χ0) is 15.5. The van der Waals surface area contributed by atoms with Gasteiger partial charge in [0.2, 0.25) is 5.78 Å². The molecule has 0 radical (unpaired) electrons. The Labute approximate surface area is 125 Å². The van der Waals surface area contributed by atoms with Crippen LogP contribution in [0.15, 0.2) is 36.5 Å². The number of nitrogens with zero attached hydrogens (tertiary/aromatic N) is 4. The molecule has 0 N–H and O–H groups in total. The number of rotatable bonds is 6. The fourth-order valence-corrected chi connectivity index (χ4v) is 2.79. The molecule has 0 aliphatic carbocycles. The minimum absolute atomic E-state index is 0.0614. The highest BCUT2D eigenvalue weighted by molar-refractivity contribution is 6.02. The van der Waals surface area contributed by atoms with Crippen LogP contribution < -0.4 is 0 Å². The minimum atomic E-state index is -0.520. The van der Waals surface area contributed by atoms with E-state index in [-0.39, 0.29) is 5.78 Å². The number of ketones is 1. The fraction of sp³-hybridized carbons (Fsp3) is 0.438. The van der Waals surface area contributed by atoms with Crippen LogP contribution in [-0.4, -0.2) is 45.3 Å². The smallest absolute Gasteiger partial charge is 0.203 e. The summed E-state index contributed by atoms with van der Waals surface area (Å²) in [6.45, 7) is 4.08. The Morgan fingerprint density at radius 2 is 1.81 bits per heavy atom. The summed E-state index contributed by atoms with van der Waals surface area (Å²) in [6, 6.07) is 9.61. The van der Waals surface area contributed by atoms with Gasteiger partial charge in [0.05, 0.1) is 17.4 Å². The number of Topliss-reactive ketones (excluding diaryl/α,β-unsaturated/α-hetero) is 1. The van der Waals surface area contributed by atoms with Gasteiger partial charge in [-0.05, 0) is 39.1 Å². The molecule has 2 aromatic rings. The van der Waals surface area contributed by atoms with Gasteiger partial charge in [0, 0.05) is 0 Å². The van der Waals surface area contributed by atoms with Crippen LogP contribution in [0.4, 0.5) is 0 Å². The predicted molar refractivity (Wildman–Crippen MR) is 82.7 cm³/mol. The molecular formula is C16H22N4O. The van der Waals surface area contributed by atoms with Crippen LogP contribution in [0.1, 0.15) is 37.2 Å². The number of benzene rings is 1. The number of para-hydroxylation sites is 1. The molecule has 21 heavy (non-hydrogen) atoms. The third kappa shape index (κ3) is 2.61. The topological polar surface area (TPSA) is 51.0 Å². The van der Waals surface area contributed by atoms with E-state index in [1.165, 1.54) is 0 Å². The lowest BCUT2D eigenvalue weighted by Gasteiger charge is -2.36. The van der Waals surface area contributed by atoms with Gasteiger partial charge in [-0.2, -0.15) is 0 Å². The van der Waals surface area contributed by atoms with E-state index in [1.807, 2.05) is 63.2 Å². The average Bonchev–Trinajstić information content (AvgIpc) is 2.98. The number of hydrogen-bond donors (Lipinski definition) is 0. The van der Waals surface area contributed by atoms with Gasteiger partial charge in [0.25, 0.3) is 0 Å². The third-order valence-corrected chi connectivity index (χ3v) is 4.23. The van der Waals surface area contributed by atoms with Crippen molar-refractivity contribution in [1.82, 2.24) is 19.9 Å². The lowest BCUT2D eigenvalue weighted by Crippen LogP contribution is -2.50. The van der Waals surface area contributed by atoms with E-state index >= 15 is 0 Å². The van der Waals surface area contributed by atoms with Gasteiger partial charge in [-0.3, -0.25) is 9.69 Å². The van der Waals surface area contributed by atoms with Crippen LogP contribution in [0.5, 0.6) is 0 Å². The standard InChI is InChI=1S/C16H22N4O/c1-5-16(6-2,19(3)4)15(21)14-12-17-18-20(14)13-10-8-7-9-11-13/h7-12H,5-6H2,1-4H3. The third-order valence-electron chi connectivity index (χ3n) is 4.23. The normalized spacial score (nSPS) is 11.9. The molecule has 112 valence electrons. The molecule has 5 nitrogen and oxygen atoms in total.